The van der Waals surface area contributed by atoms with E-state index in [0.717, 1.165) is 12.1 Å². The lowest BCUT2D eigenvalue weighted by molar-refractivity contribution is 0.262. The second-order valence-electron chi connectivity index (χ2n) is 5.57. The van der Waals surface area contributed by atoms with Crippen LogP contribution in [0.4, 0.5) is 55.0 Å². The maximum atomic E-state index is 12.7. The van der Waals surface area contributed by atoms with Gasteiger partial charge in [-0.15, -0.1) is 0 Å². The molecule has 2 amide bonds. The smallest absolute Gasteiger partial charge is 0.308 e. The molecule has 0 unspecified atom stereocenters. The lowest BCUT2D eigenvalue weighted by atomic mass is 10.3. The minimum Gasteiger partial charge on any atom is -0.308 e. The molecule has 0 bridgehead atoms. The molecule has 0 saturated carbocycles. The Morgan fingerprint density at radius 3 is 1.21 bits per heavy atom. The molecule has 0 fully saturated rings. The average Bonchev–Trinajstić information content (AvgIpc) is 2.43. The summed E-state index contributed by atoms with van der Waals surface area (Å²) in [5.74, 6) is 0. The highest BCUT2D eigenvalue weighted by Crippen LogP contribution is 3.02. The van der Waals surface area contributed by atoms with E-state index in [0.29, 0.717) is 12.1 Å². The second-order valence-corrected chi connectivity index (χ2v) is 10.4. The Morgan fingerprint density at radius 1 is 0.607 bits per heavy atom. The molecular weight excluding hydrogens is 454 g/mol. The van der Waals surface area contributed by atoms with Crippen molar-refractivity contribution in [3.8, 4) is 0 Å². The Kier molecular flexibility index (Phi) is 3.93. The summed E-state index contributed by atoms with van der Waals surface area (Å²) < 4.78 is 127. The van der Waals surface area contributed by atoms with Gasteiger partial charge in [0.15, 0.2) is 0 Å². The monoisotopic (exact) mass is 464 g/mol. The molecule has 0 atom stereocenters. The molecule has 0 spiro atoms. The number of hydrogen-bond acceptors (Lipinski definition) is 1. The van der Waals surface area contributed by atoms with Crippen molar-refractivity contribution < 1.29 is 43.7 Å². The van der Waals surface area contributed by atoms with Crippen LogP contribution >= 0.6 is 20.4 Å². The van der Waals surface area contributed by atoms with Gasteiger partial charge >= 0.3 is 26.5 Å². The van der Waals surface area contributed by atoms with Gasteiger partial charge in [-0.1, -0.05) is 51.0 Å². The highest BCUT2D eigenvalue weighted by Gasteiger charge is 2.66. The third kappa shape index (κ3) is 5.85. The predicted molar refractivity (Wildman–Crippen MR) is 88.3 cm³/mol. The molecule has 2 rings (SSSR count). The first-order valence-electron chi connectivity index (χ1n) is 6.80. The summed E-state index contributed by atoms with van der Waals surface area (Å²) in [7, 11) is -20.0. The topological polar surface area (TPSA) is 41.1 Å². The fraction of sp³-hybridized carbons (Fsp3) is 0. The zero-order valence-electron chi connectivity index (χ0n) is 13.1. The van der Waals surface area contributed by atoms with Crippen LogP contribution in [-0.2, 0) is 0 Å². The maximum absolute atomic E-state index is 12.7. The summed E-state index contributed by atoms with van der Waals surface area (Å²) in [5.41, 5.74) is -1.51. The molecule has 160 valence electrons. The SMILES string of the molecule is O=C(Nc1cccc(S(F)(F)(F)(F)F)c1)Nc1cccc(S(F)(F)(F)(F)F)c1. The summed E-state index contributed by atoms with van der Waals surface area (Å²) in [5, 5.41) is 3.38. The van der Waals surface area contributed by atoms with E-state index in [1.807, 2.05) is 0 Å². The molecule has 28 heavy (non-hydrogen) atoms. The molecule has 15 heteroatoms. The first kappa shape index (κ1) is 22.0. The van der Waals surface area contributed by atoms with Crippen LogP contribution in [0.1, 0.15) is 0 Å². The Morgan fingerprint density at radius 2 is 0.929 bits per heavy atom. The van der Waals surface area contributed by atoms with Crippen molar-refractivity contribution in [2.45, 2.75) is 9.79 Å². The van der Waals surface area contributed by atoms with Crippen LogP contribution in [-0.4, -0.2) is 6.03 Å². The number of anilines is 2. The number of halogens is 10. The van der Waals surface area contributed by atoms with Gasteiger partial charge in [0.1, 0.15) is 9.79 Å². The van der Waals surface area contributed by atoms with Crippen LogP contribution in [0.2, 0.25) is 0 Å². The van der Waals surface area contributed by atoms with E-state index in [4.69, 9.17) is 0 Å². The summed E-state index contributed by atoms with van der Waals surface area (Å²) in [4.78, 5) is 7.07. The van der Waals surface area contributed by atoms with E-state index in [-0.39, 0.29) is 24.3 Å². The predicted octanol–water partition coefficient (Wildman–Crippen LogP) is 8.65. The van der Waals surface area contributed by atoms with Crippen molar-refractivity contribution in [2.75, 3.05) is 10.6 Å². The molecule has 0 aliphatic rings. The molecule has 2 aromatic carbocycles. The van der Waals surface area contributed by atoms with E-state index in [2.05, 4.69) is 0 Å². The van der Waals surface area contributed by atoms with Gasteiger partial charge in [-0.05, 0) is 36.4 Å². The molecule has 0 radical (unpaired) electrons. The van der Waals surface area contributed by atoms with Crippen LogP contribution < -0.4 is 10.6 Å². The van der Waals surface area contributed by atoms with Crippen molar-refractivity contribution in [3.63, 3.8) is 0 Å². The lowest BCUT2D eigenvalue weighted by Gasteiger charge is -2.40. The third-order valence-corrected chi connectivity index (χ3v) is 5.36. The van der Waals surface area contributed by atoms with Crippen molar-refractivity contribution >= 4 is 37.9 Å². The van der Waals surface area contributed by atoms with Crippen molar-refractivity contribution in [2.24, 2.45) is 0 Å². The summed E-state index contributed by atoms with van der Waals surface area (Å²) >= 11 is 0. The maximum Gasteiger partial charge on any atom is 0.323 e. The number of amides is 2. The highest BCUT2D eigenvalue weighted by atomic mass is 32.5. The van der Waals surface area contributed by atoms with E-state index < -0.39 is 47.6 Å². The Balaban J connectivity index is 2.24. The van der Waals surface area contributed by atoms with Crippen molar-refractivity contribution in [1.82, 2.24) is 0 Å². The Labute approximate surface area is 151 Å². The van der Waals surface area contributed by atoms with E-state index in [1.54, 1.807) is 10.6 Å². The van der Waals surface area contributed by atoms with Crippen LogP contribution in [0.25, 0.3) is 0 Å². The summed E-state index contributed by atoms with van der Waals surface area (Å²) in [6, 6.07) is 1.29. The number of carbonyl (C=O) groups is 1. The normalized spacial score (nSPS) is 17.5. The van der Waals surface area contributed by atoms with Crippen molar-refractivity contribution in [1.29, 1.82) is 0 Å². The highest BCUT2D eigenvalue weighted by molar-refractivity contribution is 8.46. The molecule has 0 heterocycles. The minimum atomic E-state index is -10.0. The Bertz CT molecular complexity index is 879. The van der Waals surface area contributed by atoms with E-state index in [1.165, 1.54) is 0 Å². The fourth-order valence-corrected chi connectivity index (χ4v) is 3.29. The first-order chi connectivity index (χ1) is 12.0. The number of carbonyl (C=O) groups excluding carboxylic acids is 1. The van der Waals surface area contributed by atoms with Gasteiger partial charge in [-0.3, -0.25) is 0 Å². The van der Waals surface area contributed by atoms with Crippen LogP contribution in [0.5, 0.6) is 0 Å². The van der Waals surface area contributed by atoms with Gasteiger partial charge in [0.25, 0.3) is 0 Å². The van der Waals surface area contributed by atoms with Gasteiger partial charge < -0.3 is 10.6 Å². The third-order valence-electron chi connectivity index (χ3n) is 3.07. The number of benzene rings is 2. The average molecular weight is 464 g/mol. The molecule has 0 aliphatic heterocycles. The Hall–Kier alpha value is -2.29. The molecule has 0 saturated heterocycles. The zero-order chi connectivity index (χ0) is 21.8. The zero-order valence-corrected chi connectivity index (χ0v) is 14.8. The van der Waals surface area contributed by atoms with Crippen LogP contribution in [0.3, 0.4) is 0 Å². The number of rotatable bonds is 4. The van der Waals surface area contributed by atoms with Crippen LogP contribution in [0.15, 0.2) is 58.3 Å². The second kappa shape index (κ2) is 5.00. The van der Waals surface area contributed by atoms with E-state index >= 15 is 0 Å². The number of urea groups is 1. The molecule has 2 N–H and O–H groups in total. The van der Waals surface area contributed by atoms with Gasteiger partial charge in [0, 0.05) is 11.4 Å². The standard InChI is InChI=1S/C13H10F10N2OS2/c14-27(15,16,17,18)11-5-1-3-9(7-11)24-13(26)25-10-4-2-6-12(8-10)28(19,20,21,22)23/h1-8H,(H2,24,25,26). The quantitative estimate of drug-likeness (QED) is 0.437. The fourth-order valence-electron chi connectivity index (χ4n) is 1.92. The number of nitrogens with one attached hydrogen (secondary N) is 2. The molecule has 2 aromatic rings. The molecule has 3 nitrogen and oxygen atoms in total. The first-order valence-corrected chi connectivity index (χ1v) is 10.7. The summed E-state index contributed by atoms with van der Waals surface area (Å²) in [6.45, 7) is 0. The van der Waals surface area contributed by atoms with Crippen molar-refractivity contribution in [3.05, 3.63) is 48.5 Å². The van der Waals surface area contributed by atoms with E-state index in [9.17, 15) is 43.7 Å². The summed E-state index contributed by atoms with van der Waals surface area (Å²) in [6.07, 6.45) is 0. The minimum absolute atomic E-state index is 0.0722. The number of hydrogen-bond donors (Lipinski definition) is 2. The van der Waals surface area contributed by atoms with Gasteiger partial charge in [-0.2, -0.15) is 0 Å². The largest absolute Gasteiger partial charge is 0.323 e. The lowest BCUT2D eigenvalue weighted by Crippen LogP contribution is -2.20. The van der Waals surface area contributed by atoms with Crippen LogP contribution in [0, 0.1) is 0 Å². The molecule has 0 aliphatic carbocycles. The van der Waals surface area contributed by atoms with Gasteiger partial charge in [-0.25, -0.2) is 4.79 Å². The van der Waals surface area contributed by atoms with Gasteiger partial charge in [0.2, 0.25) is 0 Å². The van der Waals surface area contributed by atoms with Gasteiger partial charge in [0.05, 0.1) is 0 Å². The molecular formula is C13H10F10N2OS2. The molecule has 0 aromatic heterocycles.